The van der Waals surface area contributed by atoms with Gasteiger partial charge in [-0.3, -0.25) is 14.4 Å². The van der Waals surface area contributed by atoms with Crippen LogP contribution in [0.3, 0.4) is 0 Å². The monoisotopic (exact) mass is 667 g/mol. The minimum atomic E-state index is -0.539. The molecule has 0 saturated carbocycles. The van der Waals surface area contributed by atoms with Gasteiger partial charge >= 0.3 is 0 Å². The molecule has 0 bridgehead atoms. The van der Waals surface area contributed by atoms with Crippen molar-refractivity contribution in [3.63, 3.8) is 0 Å². The zero-order valence-electron chi connectivity index (χ0n) is 26.8. The van der Waals surface area contributed by atoms with Gasteiger partial charge in [-0.1, -0.05) is 66.7 Å². The number of hydrogen-bond acceptors (Lipinski definition) is 6. The van der Waals surface area contributed by atoms with Crippen LogP contribution in [0.5, 0.6) is 5.75 Å². The van der Waals surface area contributed by atoms with Crippen molar-refractivity contribution >= 4 is 57.7 Å². The summed E-state index contributed by atoms with van der Waals surface area (Å²) in [4.78, 5) is 40.6. The fraction of sp³-hybridized carbons (Fsp3) is 0.0750. The number of hydrogen-bond donors (Lipinski definition) is 3. The van der Waals surface area contributed by atoms with Crippen molar-refractivity contribution in [2.75, 3.05) is 17.7 Å². The van der Waals surface area contributed by atoms with Gasteiger partial charge in [-0.05, 0) is 79.0 Å². The van der Waals surface area contributed by atoms with Gasteiger partial charge in [0.25, 0.3) is 11.8 Å². The van der Waals surface area contributed by atoms with E-state index in [0.717, 1.165) is 26.9 Å². The molecule has 0 aliphatic heterocycles. The summed E-state index contributed by atoms with van der Waals surface area (Å²) in [5, 5.41) is 10.3. The number of carbonyl (C=O) groups is 3. The Hall–Kier alpha value is -6.06. The maximum Gasteiger partial charge on any atom is 0.272 e. The molecule has 1 aromatic heterocycles. The molecule has 0 saturated heterocycles. The number of ether oxygens (including phenoxy) is 1. The molecule has 1 atom stereocenters. The highest BCUT2D eigenvalue weighted by atomic mass is 32.2. The van der Waals surface area contributed by atoms with Crippen molar-refractivity contribution in [3.8, 4) is 17.1 Å². The van der Waals surface area contributed by atoms with E-state index in [1.165, 1.54) is 17.8 Å². The molecule has 5 aromatic carbocycles. The van der Waals surface area contributed by atoms with E-state index in [9.17, 15) is 14.4 Å². The minimum Gasteiger partial charge on any atom is -0.496 e. The maximum atomic E-state index is 13.6. The Labute approximate surface area is 288 Å². The number of rotatable bonds is 11. The van der Waals surface area contributed by atoms with Gasteiger partial charge in [0.15, 0.2) is 0 Å². The van der Waals surface area contributed by atoms with Crippen LogP contribution in [0.25, 0.3) is 28.2 Å². The number of para-hydroxylation sites is 1. The smallest absolute Gasteiger partial charge is 0.272 e. The van der Waals surface area contributed by atoms with E-state index in [1.54, 1.807) is 55.6 Å². The molecular weight excluding hydrogens is 635 g/mol. The molecule has 6 rings (SSSR count). The molecule has 49 heavy (non-hydrogen) atoms. The molecule has 0 fully saturated rings. The van der Waals surface area contributed by atoms with Crippen LogP contribution in [0.4, 0.5) is 11.4 Å². The zero-order chi connectivity index (χ0) is 34.2. The molecule has 1 heterocycles. The Morgan fingerprint density at radius 2 is 1.47 bits per heavy atom. The quantitative estimate of drug-likeness (QED) is 0.0943. The molecular formula is C40H33N3O5S. The van der Waals surface area contributed by atoms with Crippen LogP contribution < -0.4 is 20.7 Å². The van der Waals surface area contributed by atoms with Gasteiger partial charge < -0.3 is 25.1 Å². The van der Waals surface area contributed by atoms with E-state index in [-0.39, 0.29) is 16.9 Å². The number of nitrogens with one attached hydrogen (secondary N) is 3. The van der Waals surface area contributed by atoms with Crippen LogP contribution in [0, 0.1) is 0 Å². The average Bonchev–Trinajstić information content (AvgIpc) is 3.61. The lowest BCUT2D eigenvalue weighted by Crippen LogP contribution is -2.30. The summed E-state index contributed by atoms with van der Waals surface area (Å²) in [5.41, 5.74) is 2.42. The van der Waals surface area contributed by atoms with E-state index in [0.29, 0.717) is 28.5 Å². The van der Waals surface area contributed by atoms with Crippen LogP contribution in [-0.2, 0) is 9.59 Å². The molecule has 244 valence electrons. The Morgan fingerprint density at radius 3 is 2.27 bits per heavy atom. The number of benzene rings is 5. The summed E-state index contributed by atoms with van der Waals surface area (Å²) in [5.74, 6) is 0.454. The van der Waals surface area contributed by atoms with Crippen LogP contribution in [0.15, 0.2) is 148 Å². The SMILES string of the molecule is COc1ccccc1-c1ccc(/C=C(/NC(=O)c2ccccc2)C(=O)Nc2ccc(S[C@@H](C)C(=O)Nc3cccc4ccccc34)cc2)o1. The number of carbonyl (C=O) groups excluding carboxylic acids is 3. The van der Waals surface area contributed by atoms with Gasteiger partial charge in [-0.2, -0.15) is 0 Å². The summed E-state index contributed by atoms with van der Waals surface area (Å²) >= 11 is 1.41. The molecule has 0 spiro atoms. The van der Waals surface area contributed by atoms with E-state index < -0.39 is 11.8 Å². The largest absolute Gasteiger partial charge is 0.496 e. The number of amides is 3. The topological polar surface area (TPSA) is 110 Å². The summed E-state index contributed by atoms with van der Waals surface area (Å²) in [6.45, 7) is 1.85. The highest BCUT2D eigenvalue weighted by molar-refractivity contribution is 8.00. The molecule has 0 aliphatic rings. The molecule has 9 heteroatoms. The summed E-state index contributed by atoms with van der Waals surface area (Å²) < 4.78 is 11.5. The Morgan fingerprint density at radius 1 is 0.755 bits per heavy atom. The van der Waals surface area contributed by atoms with E-state index in [4.69, 9.17) is 9.15 Å². The van der Waals surface area contributed by atoms with Crippen LogP contribution in [0.2, 0.25) is 0 Å². The number of furan rings is 1. The number of anilines is 2. The van der Waals surface area contributed by atoms with Gasteiger partial charge in [-0.25, -0.2) is 0 Å². The van der Waals surface area contributed by atoms with Crippen LogP contribution >= 0.6 is 11.8 Å². The summed E-state index contributed by atoms with van der Waals surface area (Å²) in [6.07, 6.45) is 1.48. The first-order valence-corrected chi connectivity index (χ1v) is 16.4. The van der Waals surface area contributed by atoms with Gasteiger partial charge in [0, 0.05) is 33.3 Å². The fourth-order valence-electron chi connectivity index (χ4n) is 5.15. The van der Waals surface area contributed by atoms with Crippen molar-refractivity contribution in [1.29, 1.82) is 0 Å². The van der Waals surface area contributed by atoms with Crippen molar-refractivity contribution in [2.24, 2.45) is 0 Å². The second-order valence-corrected chi connectivity index (χ2v) is 12.4. The van der Waals surface area contributed by atoms with Crippen molar-refractivity contribution in [1.82, 2.24) is 5.32 Å². The molecule has 8 nitrogen and oxygen atoms in total. The van der Waals surface area contributed by atoms with Gasteiger partial charge in [0.05, 0.1) is 17.9 Å². The third kappa shape index (κ3) is 8.09. The lowest BCUT2D eigenvalue weighted by molar-refractivity contribution is -0.115. The molecule has 3 amide bonds. The lowest BCUT2D eigenvalue weighted by Gasteiger charge is -2.14. The van der Waals surface area contributed by atoms with E-state index in [1.807, 2.05) is 91.9 Å². The number of thioether (sulfide) groups is 1. The third-order valence-corrected chi connectivity index (χ3v) is 8.77. The first-order valence-electron chi connectivity index (χ1n) is 15.6. The first-order chi connectivity index (χ1) is 23.9. The van der Waals surface area contributed by atoms with Gasteiger partial charge in [-0.15, -0.1) is 11.8 Å². The number of methoxy groups -OCH3 is 1. The average molecular weight is 668 g/mol. The Kier molecular flexibility index (Phi) is 10.2. The molecule has 0 radical (unpaired) electrons. The van der Waals surface area contributed by atoms with Crippen LogP contribution in [0.1, 0.15) is 23.0 Å². The normalized spacial score (nSPS) is 11.8. The number of fused-ring (bicyclic) bond motifs is 1. The predicted octanol–water partition coefficient (Wildman–Crippen LogP) is 8.64. The minimum absolute atomic E-state index is 0.00744. The first kappa shape index (κ1) is 32.9. The van der Waals surface area contributed by atoms with Gasteiger partial charge in [0.2, 0.25) is 5.91 Å². The molecule has 6 aromatic rings. The summed E-state index contributed by atoms with van der Waals surface area (Å²) in [6, 6.07) is 40.5. The van der Waals surface area contributed by atoms with Crippen molar-refractivity contribution in [2.45, 2.75) is 17.1 Å². The highest BCUT2D eigenvalue weighted by Crippen LogP contribution is 2.32. The summed E-state index contributed by atoms with van der Waals surface area (Å²) in [7, 11) is 1.58. The van der Waals surface area contributed by atoms with Crippen molar-refractivity contribution in [3.05, 3.63) is 150 Å². The molecule has 3 N–H and O–H groups in total. The Bertz CT molecular complexity index is 2140. The molecule has 0 aliphatic carbocycles. The van der Waals surface area contributed by atoms with E-state index >= 15 is 0 Å². The highest BCUT2D eigenvalue weighted by Gasteiger charge is 2.18. The maximum absolute atomic E-state index is 13.6. The Balaban J connectivity index is 1.15. The predicted molar refractivity (Wildman–Crippen MR) is 196 cm³/mol. The van der Waals surface area contributed by atoms with Crippen LogP contribution in [-0.4, -0.2) is 30.1 Å². The van der Waals surface area contributed by atoms with E-state index in [2.05, 4.69) is 16.0 Å². The standard InChI is InChI=1S/C40H33N3O5S/c1-26(38(44)42-34-17-10-14-27-11-6-7-15-32(27)34)49-31-22-19-29(20-23-31)41-40(46)35(43-39(45)28-12-4-3-5-13-28)25-30-21-24-37(48-30)33-16-8-9-18-36(33)47-2/h3-26H,1-2H3,(H,41,46)(H,42,44)(H,43,45)/b35-25+/t26-/m0/s1. The third-order valence-electron chi connectivity index (χ3n) is 7.66. The second-order valence-electron chi connectivity index (χ2n) is 11.0. The zero-order valence-corrected chi connectivity index (χ0v) is 27.6. The lowest BCUT2D eigenvalue weighted by atomic mass is 10.1. The second kappa shape index (κ2) is 15.2. The van der Waals surface area contributed by atoms with Crippen molar-refractivity contribution < 1.29 is 23.5 Å². The van der Waals surface area contributed by atoms with Gasteiger partial charge in [0.1, 0.15) is 23.0 Å². The molecule has 0 unspecified atom stereocenters. The fourth-order valence-corrected chi connectivity index (χ4v) is 6.02.